The number of aryl methyl sites for hydroxylation is 1. The molecule has 0 saturated heterocycles. The molecule has 4 aromatic rings. The number of rotatable bonds is 5. The average Bonchev–Trinajstić information content (AvgIpc) is 3.44. The Balaban J connectivity index is 1.44. The van der Waals surface area contributed by atoms with Crippen molar-refractivity contribution in [3.05, 3.63) is 53.7 Å². The van der Waals surface area contributed by atoms with E-state index in [9.17, 15) is 4.79 Å². The van der Waals surface area contributed by atoms with Gasteiger partial charge in [-0.25, -0.2) is 4.98 Å². The number of nitrogens with one attached hydrogen (secondary N) is 1. The summed E-state index contributed by atoms with van der Waals surface area (Å²) in [5, 5.41) is 8.14. The van der Waals surface area contributed by atoms with E-state index in [0.29, 0.717) is 28.0 Å². The van der Waals surface area contributed by atoms with Crippen LogP contribution in [-0.2, 0) is 0 Å². The van der Waals surface area contributed by atoms with E-state index in [2.05, 4.69) is 22.3 Å². The van der Waals surface area contributed by atoms with Crippen molar-refractivity contribution in [3.63, 3.8) is 0 Å². The number of ether oxygens (including phenoxy) is 2. The van der Waals surface area contributed by atoms with Crippen LogP contribution < -0.4 is 14.8 Å². The molecule has 0 spiro atoms. The van der Waals surface area contributed by atoms with Crippen molar-refractivity contribution in [2.75, 3.05) is 17.9 Å². The van der Waals surface area contributed by atoms with Crippen LogP contribution in [0.2, 0.25) is 0 Å². The van der Waals surface area contributed by atoms with Crippen LogP contribution in [0.25, 0.3) is 15.3 Å². The van der Waals surface area contributed by atoms with Gasteiger partial charge in [0, 0.05) is 28.7 Å². The number of carbonyl (C=O) groups excluding carboxylic acids is 1. The fourth-order valence-electron chi connectivity index (χ4n) is 3.19. The van der Waals surface area contributed by atoms with Gasteiger partial charge in [-0.2, -0.15) is 9.78 Å². The zero-order valence-corrected chi connectivity index (χ0v) is 18.0. The van der Waals surface area contributed by atoms with Crippen molar-refractivity contribution < 1.29 is 14.3 Å². The molecule has 0 aliphatic carbocycles. The van der Waals surface area contributed by atoms with E-state index in [1.807, 2.05) is 49.4 Å². The van der Waals surface area contributed by atoms with E-state index < -0.39 is 0 Å². The van der Waals surface area contributed by atoms with Crippen LogP contribution in [0.15, 0.2) is 47.4 Å². The molecule has 5 rings (SSSR count). The molecule has 9 heteroatoms. The van der Waals surface area contributed by atoms with E-state index in [0.717, 1.165) is 26.6 Å². The third-order valence-corrected chi connectivity index (χ3v) is 6.44. The van der Waals surface area contributed by atoms with Crippen LogP contribution in [-0.4, -0.2) is 33.2 Å². The second kappa shape index (κ2) is 7.66. The number of anilines is 1. The highest BCUT2D eigenvalue weighted by Gasteiger charge is 2.19. The normalized spacial score (nSPS) is 12.5. The van der Waals surface area contributed by atoms with E-state index >= 15 is 0 Å². The van der Waals surface area contributed by atoms with Gasteiger partial charge in [0.2, 0.25) is 11.9 Å². The summed E-state index contributed by atoms with van der Waals surface area (Å²) in [6, 6.07) is 13.2. The number of hydrogen-bond acceptors (Lipinski definition) is 7. The summed E-state index contributed by atoms with van der Waals surface area (Å²) >= 11 is 3.22. The lowest BCUT2D eigenvalue weighted by atomic mass is 10.2. The van der Waals surface area contributed by atoms with Gasteiger partial charge in [-0.3, -0.25) is 4.79 Å². The van der Waals surface area contributed by atoms with Crippen molar-refractivity contribution in [1.82, 2.24) is 14.8 Å². The maximum atomic E-state index is 12.8. The molecule has 1 amide bonds. The highest BCUT2D eigenvalue weighted by molar-refractivity contribution is 7.99. The molecule has 0 saturated carbocycles. The molecule has 1 N–H and O–H groups in total. The fourth-order valence-corrected chi connectivity index (χ4v) is 4.79. The summed E-state index contributed by atoms with van der Waals surface area (Å²) in [6.07, 6.45) is 0. The van der Waals surface area contributed by atoms with Crippen LogP contribution in [0, 0.1) is 6.92 Å². The number of aromatic nitrogens is 3. The highest BCUT2D eigenvalue weighted by atomic mass is 32.2. The second-order valence-corrected chi connectivity index (χ2v) is 9.01. The molecular weight excluding hydrogens is 420 g/mol. The van der Waals surface area contributed by atoms with Crippen molar-refractivity contribution >= 4 is 45.0 Å². The molecule has 0 atom stereocenters. The summed E-state index contributed by atoms with van der Waals surface area (Å²) in [5.74, 6) is 2.78. The number of thioether (sulfide) groups is 1. The Morgan fingerprint density at radius 1 is 1.20 bits per heavy atom. The highest BCUT2D eigenvalue weighted by Crippen LogP contribution is 2.39. The van der Waals surface area contributed by atoms with Crippen molar-refractivity contribution in [2.24, 2.45) is 0 Å². The number of nitrogens with zero attached hydrogens (tertiary/aromatic N) is 3. The van der Waals surface area contributed by atoms with E-state index in [4.69, 9.17) is 9.47 Å². The summed E-state index contributed by atoms with van der Waals surface area (Å²) in [5.41, 5.74) is 2.18. The molecule has 152 valence electrons. The van der Waals surface area contributed by atoms with Crippen molar-refractivity contribution in [1.29, 1.82) is 0 Å². The monoisotopic (exact) mass is 438 g/mol. The molecular formula is C21H18N4O3S2. The number of hydrogen-bond donors (Lipinski definition) is 1. The first-order chi connectivity index (χ1) is 14.6. The van der Waals surface area contributed by atoms with E-state index in [1.165, 1.54) is 11.3 Å². The number of carbonyl (C=O) groups is 1. The minimum atomic E-state index is -0.189. The number of thiazole rings is 1. The minimum Gasteiger partial charge on any atom is -0.454 e. The first-order valence-corrected chi connectivity index (χ1v) is 11.2. The van der Waals surface area contributed by atoms with Gasteiger partial charge >= 0.3 is 0 Å². The molecule has 0 radical (unpaired) electrons. The van der Waals surface area contributed by atoms with Gasteiger partial charge in [0.1, 0.15) is 5.82 Å². The van der Waals surface area contributed by atoms with Crippen LogP contribution in [0.5, 0.6) is 11.5 Å². The second-order valence-electron chi connectivity index (χ2n) is 6.66. The van der Waals surface area contributed by atoms with Crippen molar-refractivity contribution in [3.8, 4) is 16.6 Å². The lowest BCUT2D eigenvalue weighted by Gasteiger charge is -2.07. The topological polar surface area (TPSA) is 78.3 Å². The predicted octanol–water partition coefficient (Wildman–Crippen LogP) is 4.88. The van der Waals surface area contributed by atoms with E-state index in [1.54, 1.807) is 16.4 Å². The van der Waals surface area contributed by atoms with Crippen LogP contribution in [0.3, 0.4) is 0 Å². The number of amides is 1. The molecule has 0 fully saturated rings. The first-order valence-electron chi connectivity index (χ1n) is 9.42. The maximum Gasteiger partial charge on any atom is 0.256 e. The molecule has 0 unspecified atom stereocenters. The summed E-state index contributed by atoms with van der Waals surface area (Å²) in [7, 11) is 0. The largest absolute Gasteiger partial charge is 0.454 e. The van der Waals surface area contributed by atoms with Crippen molar-refractivity contribution in [2.45, 2.75) is 18.7 Å². The Kier molecular flexibility index (Phi) is 4.84. The number of fused-ring (bicyclic) bond motifs is 2. The molecule has 1 aliphatic heterocycles. The number of benzene rings is 2. The molecule has 1 aliphatic rings. The van der Waals surface area contributed by atoms with Crippen LogP contribution >= 0.6 is 23.1 Å². The Morgan fingerprint density at radius 3 is 2.73 bits per heavy atom. The Labute approximate surface area is 181 Å². The molecule has 3 heterocycles. The molecule has 30 heavy (non-hydrogen) atoms. The first kappa shape index (κ1) is 19.0. The van der Waals surface area contributed by atoms with Gasteiger partial charge in [0.25, 0.3) is 5.91 Å². The van der Waals surface area contributed by atoms with Gasteiger partial charge < -0.3 is 14.8 Å². The van der Waals surface area contributed by atoms with E-state index in [-0.39, 0.29) is 12.7 Å². The predicted molar refractivity (Wildman–Crippen MR) is 118 cm³/mol. The lowest BCUT2D eigenvalue weighted by Crippen LogP contribution is -2.15. The Morgan fingerprint density at radius 2 is 1.97 bits per heavy atom. The Hall–Kier alpha value is -3.04. The maximum absolute atomic E-state index is 12.8. The zero-order chi connectivity index (χ0) is 20.7. The van der Waals surface area contributed by atoms with Gasteiger partial charge in [-0.15, -0.1) is 11.8 Å². The van der Waals surface area contributed by atoms with Gasteiger partial charge in [-0.1, -0.05) is 18.3 Å². The van der Waals surface area contributed by atoms with Gasteiger partial charge in [-0.05, 0) is 36.9 Å². The Bertz CT molecular complexity index is 1210. The van der Waals surface area contributed by atoms with Crippen LogP contribution in [0.4, 0.5) is 5.82 Å². The summed E-state index contributed by atoms with van der Waals surface area (Å²) in [6.45, 7) is 4.21. The smallest absolute Gasteiger partial charge is 0.256 e. The molecule has 2 aromatic heterocycles. The fraction of sp³-hybridized carbons (Fsp3) is 0.190. The lowest BCUT2D eigenvalue weighted by molar-refractivity contribution is 0.102. The minimum absolute atomic E-state index is 0.189. The van der Waals surface area contributed by atoms with Crippen LogP contribution in [0.1, 0.15) is 23.0 Å². The quantitative estimate of drug-likeness (QED) is 0.447. The summed E-state index contributed by atoms with van der Waals surface area (Å²) in [4.78, 5) is 18.6. The third-order valence-electron chi connectivity index (χ3n) is 4.55. The summed E-state index contributed by atoms with van der Waals surface area (Å²) < 4.78 is 13.5. The third kappa shape index (κ3) is 3.50. The van der Waals surface area contributed by atoms with Gasteiger partial charge in [0.05, 0.1) is 15.9 Å². The average molecular weight is 439 g/mol. The molecule has 7 nitrogen and oxygen atoms in total. The molecule has 0 bridgehead atoms. The van der Waals surface area contributed by atoms with Gasteiger partial charge in [0.15, 0.2) is 11.5 Å². The zero-order valence-electron chi connectivity index (χ0n) is 16.3. The SMILES string of the molecule is CCSc1ccc(C(=O)Nc2cc(C)nn2-c2nc3cc4c(cc3s2)OCO4)cc1. The molecule has 2 aromatic carbocycles. The standard InChI is InChI=1S/C21H18N4O3S2/c1-3-29-14-6-4-13(5-7-14)20(26)23-19-8-12(2)24-25(19)21-22-15-9-16-17(28-11-27-16)10-18(15)30-21/h4-10H,3,11H2,1-2H3,(H,23,26).